The molecule has 0 unspecified atom stereocenters. The van der Waals surface area contributed by atoms with E-state index in [4.69, 9.17) is 10.2 Å². The van der Waals surface area contributed by atoms with Gasteiger partial charge in [-0.05, 0) is 0 Å². The first kappa shape index (κ1) is 16.0. The van der Waals surface area contributed by atoms with Crippen molar-refractivity contribution in [3.63, 3.8) is 0 Å². The second-order valence-corrected chi connectivity index (χ2v) is 0.634. The van der Waals surface area contributed by atoms with Crippen LogP contribution in [0.25, 0.3) is 0 Å². The Kier molecular flexibility index (Phi) is 14.1. The first-order valence-electron chi connectivity index (χ1n) is 1.26. The summed E-state index contributed by atoms with van der Waals surface area (Å²) < 4.78 is 3.08. The summed E-state index contributed by atoms with van der Waals surface area (Å²) in [4.78, 5) is 18.4. The molecule has 9 heavy (non-hydrogen) atoms. The molecule has 0 aliphatic heterocycles. The zero-order valence-corrected chi connectivity index (χ0v) is 3.12. The van der Waals surface area contributed by atoms with Crippen LogP contribution >= 0.6 is 0 Å². The zero-order chi connectivity index (χ0) is 5.86. The molecule has 0 amide bonds. The molecule has 0 bridgehead atoms. The Bertz CT molecular complexity index is 89.1. The van der Waals surface area contributed by atoms with Gasteiger partial charge in [-0.1, -0.05) is 0 Å². The fourth-order valence-electron chi connectivity index (χ4n) is 0.0747. The van der Waals surface area contributed by atoms with Gasteiger partial charge in [-0.2, -0.15) is 0 Å². The third-order valence-electron chi connectivity index (χ3n) is 0.175. The van der Waals surface area contributed by atoms with E-state index in [-0.39, 0.29) is 37.7 Å². The number of carbonyl (C=O) groups is 2. The molecule has 0 radical (unpaired) electrons. The average Bonchev–Trinajstić information content (AvgIpc) is 1.27. The summed E-state index contributed by atoms with van der Waals surface area (Å²) >= 11 is 0. The molecule has 0 aliphatic rings. The van der Waals surface area contributed by atoms with Crippen LogP contribution < -0.4 is 0 Å². The van der Waals surface area contributed by atoms with Gasteiger partial charge in [0.1, 0.15) is 0 Å². The van der Waals surface area contributed by atoms with Crippen molar-refractivity contribution < 1.29 is 24.5 Å². The van der Waals surface area contributed by atoms with Crippen molar-refractivity contribution in [2.75, 3.05) is 0 Å². The van der Waals surface area contributed by atoms with Crippen molar-refractivity contribution in [1.29, 1.82) is 0 Å². The Balaban J connectivity index is -0.000000180. The second kappa shape index (κ2) is 7.93. The molecule has 0 aromatic rings. The van der Waals surface area contributed by atoms with Gasteiger partial charge in [0.05, 0.1) is 0 Å². The summed E-state index contributed by atoms with van der Waals surface area (Å²) in [6.45, 7) is 0. The minimum absolute atomic E-state index is 0. The molecule has 0 saturated carbocycles. The van der Waals surface area contributed by atoms with Crippen molar-refractivity contribution in [2.45, 2.75) is 0 Å². The number of rotatable bonds is 0. The van der Waals surface area contributed by atoms with Gasteiger partial charge < -0.3 is 14.9 Å². The standard InChI is InChI=1S/C2H2O5.2Li.2H/c3-1(4)7-2(5)6;;;;/h(H,3,4)(H,5,6);;;;. The van der Waals surface area contributed by atoms with Crippen molar-refractivity contribution in [3.05, 3.63) is 0 Å². The summed E-state index contributed by atoms with van der Waals surface area (Å²) in [6.07, 6.45) is -3.62. The maximum absolute atomic E-state index is 9.21. The van der Waals surface area contributed by atoms with Crippen molar-refractivity contribution in [1.82, 2.24) is 0 Å². The van der Waals surface area contributed by atoms with E-state index in [0.29, 0.717) is 0 Å². The van der Waals surface area contributed by atoms with Gasteiger partial charge in [-0.15, -0.1) is 0 Å². The molecule has 0 aliphatic carbocycles. The van der Waals surface area contributed by atoms with Crippen molar-refractivity contribution in [2.24, 2.45) is 0 Å². The molecule has 0 aromatic heterocycles. The van der Waals surface area contributed by atoms with E-state index in [9.17, 15) is 9.59 Å². The minimum atomic E-state index is -1.81. The molecule has 0 aromatic carbocycles. The second-order valence-electron chi connectivity index (χ2n) is 0.634. The normalized spacial score (nSPS) is 5.78. The Labute approximate surface area is 74.7 Å². The van der Waals surface area contributed by atoms with Gasteiger partial charge in [-0.25, -0.2) is 9.59 Å². The Morgan fingerprint density at radius 3 is 1.22 bits per heavy atom. The van der Waals surface area contributed by atoms with Crippen molar-refractivity contribution in [3.8, 4) is 0 Å². The summed E-state index contributed by atoms with van der Waals surface area (Å²) in [7, 11) is 0. The fraction of sp³-hybridized carbons (Fsp3) is 0. The molecular formula is C2H4Li2O5. The number of hydrogen-bond acceptors (Lipinski definition) is 3. The van der Waals surface area contributed by atoms with Gasteiger partial charge in [0, 0.05) is 0 Å². The summed E-state index contributed by atoms with van der Waals surface area (Å²) in [5, 5.41) is 15.0. The van der Waals surface area contributed by atoms with Crippen LogP contribution in [-0.4, -0.2) is 60.2 Å². The van der Waals surface area contributed by atoms with Crippen LogP contribution in [-0.2, 0) is 4.74 Å². The van der Waals surface area contributed by atoms with E-state index >= 15 is 0 Å². The number of hydrogen-bond donors (Lipinski definition) is 2. The molecule has 0 rings (SSSR count). The maximum atomic E-state index is 9.21. The molecule has 2 N–H and O–H groups in total. The first-order valence-corrected chi connectivity index (χ1v) is 1.26. The molecule has 0 fully saturated rings. The van der Waals surface area contributed by atoms with Gasteiger partial charge in [0.15, 0.2) is 0 Å². The quantitative estimate of drug-likeness (QED) is 0.246. The first-order chi connectivity index (χ1) is 3.13. The van der Waals surface area contributed by atoms with Gasteiger partial charge in [0.25, 0.3) is 0 Å². The van der Waals surface area contributed by atoms with E-state index in [0.717, 1.165) is 0 Å². The Morgan fingerprint density at radius 1 is 1.00 bits per heavy atom. The summed E-state index contributed by atoms with van der Waals surface area (Å²) in [5.74, 6) is 0. The number of carboxylic acid groups (broad SMARTS) is 2. The summed E-state index contributed by atoms with van der Waals surface area (Å²) in [5.41, 5.74) is 0. The van der Waals surface area contributed by atoms with Gasteiger partial charge >= 0.3 is 50.0 Å². The topological polar surface area (TPSA) is 83.8 Å². The monoisotopic (exact) mass is 122 g/mol. The van der Waals surface area contributed by atoms with Gasteiger partial charge in [0.2, 0.25) is 0 Å². The van der Waals surface area contributed by atoms with E-state index in [1.54, 1.807) is 0 Å². The zero-order valence-electron chi connectivity index (χ0n) is 3.12. The van der Waals surface area contributed by atoms with Crippen LogP contribution in [0.1, 0.15) is 0 Å². The molecule has 5 nitrogen and oxygen atoms in total. The molecule has 0 spiro atoms. The molecule has 7 heteroatoms. The van der Waals surface area contributed by atoms with E-state index in [1.165, 1.54) is 0 Å². The van der Waals surface area contributed by atoms with Crippen LogP contribution in [0.4, 0.5) is 9.59 Å². The number of ether oxygens (including phenoxy) is 1. The molecule has 44 valence electrons. The fourth-order valence-corrected chi connectivity index (χ4v) is 0.0747. The van der Waals surface area contributed by atoms with Crippen LogP contribution in [0.3, 0.4) is 0 Å². The van der Waals surface area contributed by atoms with Crippen LogP contribution in [0.2, 0.25) is 0 Å². The summed E-state index contributed by atoms with van der Waals surface area (Å²) in [6, 6.07) is 0. The van der Waals surface area contributed by atoms with Crippen LogP contribution in [0.5, 0.6) is 0 Å². The molecule has 0 atom stereocenters. The third-order valence-corrected chi connectivity index (χ3v) is 0.175. The Morgan fingerprint density at radius 2 is 1.22 bits per heavy atom. The predicted molar refractivity (Wildman–Crippen MR) is 31.4 cm³/mol. The molecule has 0 saturated heterocycles. The third kappa shape index (κ3) is 18.1. The van der Waals surface area contributed by atoms with E-state index in [1.807, 2.05) is 0 Å². The Hall–Kier alpha value is -0.0652. The van der Waals surface area contributed by atoms with Crippen molar-refractivity contribution >= 4 is 50.0 Å². The molecular weight excluding hydrogens is 118 g/mol. The average molecular weight is 122 g/mol. The van der Waals surface area contributed by atoms with E-state index < -0.39 is 12.3 Å². The SMILES string of the molecule is O=C(O)OC(=O)O.[LiH].[LiH]. The molecule has 0 heterocycles. The van der Waals surface area contributed by atoms with Gasteiger partial charge in [-0.3, -0.25) is 0 Å². The van der Waals surface area contributed by atoms with E-state index in [2.05, 4.69) is 4.74 Å². The van der Waals surface area contributed by atoms with Crippen LogP contribution in [0, 0.1) is 0 Å². The van der Waals surface area contributed by atoms with Crippen LogP contribution in [0.15, 0.2) is 0 Å². The predicted octanol–water partition coefficient (Wildman–Crippen LogP) is -0.938.